The zero-order chi connectivity index (χ0) is 21.0. The smallest absolute Gasteiger partial charge is 0.127 e. The fourth-order valence-corrected chi connectivity index (χ4v) is 3.58. The fraction of sp³-hybridized carbons (Fsp3) is 0.455. The molecule has 8 heteroatoms. The van der Waals surface area contributed by atoms with Crippen LogP contribution in [-0.4, -0.2) is 66.1 Å². The van der Waals surface area contributed by atoms with Gasteiger partial charge in [0.1, 0.15) is 24.7 Å². The van der Waals surface area contributed by atoms with Crippen LogP contribution in [0.15, 0.2) is 45.3 Å². The lowest BCUT2D eigenvalue weighted by molar-refractivity contribution is -0.00705. The lowest BCUT2D eigenvalue weighted by Crippen LogP contribution is -2.15. The van der Waals surface area contributed by atoms with Crippen LogP contribution in [0.5, 0.6) is 11.5 Å². The maximum Gasteiger partial charge on any atom is 0.127 e. The molecule has 0 atom stereocenters. The standard InChI is InChI=1S/C22H26Br2O6/c23-17-1-3-21-19(15-17)20-16-18(24)2-4-22(20)30-14-12-28-10-8-26-6-5-25-7-9-27-11-13-29-21/h1-4,15-16H,5-14H2. The van der Waals surface area contributed by atoms with Gasteiger partial charge in [0, 0.05) is 20.1 Å². The minimum atomic E-state index is 0.440. The molecule has 2 aromatic carbocycles. The van der Waals surface area contributed by atoms with Gasteiger partial charge in [0.15, 0.2) is 0 Å². The summed E-state index contributed by atoms with van der Waals surface area (Å²) in [6.45, 7) is 5.01. The Hall–Kier alpha value is -1.16. The first-order valence-corrected chi connectivity index (χ1v) is 11.5. The largest absolute Gasteiger partial charge is 0.491 e. The third-order valence-electron chi connectivity index (χ3n) is 4.26. The van der Waals surface area contributed by atoms with E-state index < -0.39 is 0 Å². The van der Waals surface area contributed by atoms with E-state index in [1.165, 1.54) is 0 Å². The van der Waals surface area contributed by atoms with Crippen LogP contribution in [0.4, 0.5) is 0 Å². The molecule has 0 aromatic heterocycles. The summed E-state index contributed by atoms with van der Waals surface area (Å²) in [4.78, 5) is 0. The van der Waals surface area contributed by atoms with Gasteiger partial charge in [-0.25, -0.2) is 0 Å². The molecule has 164 valence electrons. The normalized spacial score (nSPS) is 17.7. The molecule has 0 spiro atoms. The number of benzene rings is 2. The molecule has 0 aliphatic carbocycles. The highest BCUT2D eigenvalue weighted by atomic mass is 79.9. The van der Waals surface area contributed by atoms with Gasteiger partial charge in [0.25, 0.3) is 0 Å². The summed E-state index contributed by atoms with van der Waals surface area (Å²) in [5.41, 5.74) is 1.88. The highest BCUT2D eigenvalue weighted by molar-refractivity contribution is 9.10. The van der Waals surface area contributed by atoms with Crippen molar-refractivity contribution in [1.82, 2.24) is 0 Å². The van der Waals surface area contributed by atoms with Crippen LogP contribution in [0.2, 0.25) is 0 Å². The molecule has 1 aliphatic heterocycles. The van der Waals surface area contributed by atoms with Gasteiger partial charge in [0.2, 0.25) is 0 Å². The molecule has 1 aliphatic rings. The SMILES string of the molecule is Brc1ccc2c(c1)-c1cc(Br)ccc1OCCOCCOCCOCCOCCO2. The zero-order valence-electron chi connectivity index (χ0n) is 16.7. The Bertz CT molecular complexity index is 721. The van der Waals surface area contributed by atoms with Gasteiger partial charge in [-0.2, -0.15) is 0 Å². The second-order valence-corrected chi connectivity index (χ2v) is 8.26. The molecule has 0 fully saturated rings. The van der Waals surface area contributed by atoms with Crippen molar-refractivity contribution in [2.45, 2.75) is 0 Å². The number of halogens is 2. The summed E-state index contributed by atoms with van der Waals surface area (Å²) in [6, 6.07) is 11.9. The molecule has 0 bridgehead atoms. The third kappa shape index (κ3) is 7.83. The van der Waals surface area contributed by atoms with E-state index in [4.69, 9.17) is 28.4 Å². The minimum Gasteiger partial charge on any atom is -0.491 e. The maximum absolute atomic E-state index is 6.02. The second kappa shape index (κ2) is 13.3. The molecule has 0 radical (unpaired) electrons. The lowest BCUT2D eigenvalue weighted by atomic mass is 10.0. The fourth-order valence-electron chi connectivity index (χ4n) is 2.86. The maximum atomic E-state index is 6.02. The van der Waals surface area contributed by atoms with E-state index in [1.807, 2.05) is 36.4 Å². The summed E-state index contributed by atoms with van der Waals surface area (Å²) < 4.78 is 36.1. The van der Waals surface area contributed by atoms with Crippen molar-refractivity contribution in [2.75, 3.05) is 66.1 Å². The summed E-state index contributed by atoms with van der Waals surface area (Å²) >= 11 is 7.12. The molecular weight excluding hydrogens is 520 g/mol. The van der Waals surface area contributed by atoms with E-state index in [9.17, 15) is 0 Å². The predicted molar refractivity (Wildman–Crippen MR) is 122 cm³/mol. The van der Waals surface area contributed by atoms with E-state index >= 15 is 0 Å². The minimum absolute atomic E-state index is 0.440. The van der Waals surface area contributed by atoms with Crippen LogP contribution in [0, 0.1) is 0 Å². The van der Waals surface area contributed by atoms with Crippen LogP contribution >= 0.6 is 31.9 Å². The first-order valence-electron chi connectivity index (χ1n) is 9.90. The van der Waals surface area contributed by atoms with Gasteiger partial charge in [-0.15, -0.1) is 0 Å². The molecule has 6 nitrogen and oxygen atoms in total. The Labute approximate surface area is 194 Å². The van der Waals surface area contributed by atoms with Gasteiger partial charge in [-0.1, -0.05) is 31.9 Å². The van der Waals surface area contributed by atoms with Gasteiger partial charge in [-0.3, -0.25) is 0 Å². The molecule has 1 heterocycles. The summed E-state index contributed by atoms with van der Waals surface area (Å²) in [7, 11) is 0. The molecule has 3 rings (SSSR count). The Morgan fingerprint density at radius 2 is 0.800 bits per heavy atom. The van der Waals surface area contributed by atoms with Gasteiger partial charge in [0.05, 0.1) is 52.9 Å². The molecule has 30 heavy (non-hydrogen) atoms. The predicted octanol–water partition coefficient (Wildman–Crippen LogP) is 4.72. The van der Waals surface area contributed by atoms with Crippen LogP contribution in [0.25, 0.3) is 11.1 Å². The van der Waals surface area contributed by atoms with E-state index in [-0.39, 0.29) is 0 Å². The Morgan fingerprint density at radius 1 is 0.467 bits per heavy atom. The topological polar surface area (TPSA) is 55.4 Å². The number of ether oxygens (including phenoxy) is 6. The van der Waals surface area contributed by atoms with Crippen molar-refractivity contribution >= 4 is 31.9 Å². The number of hydrogen-bond acceptors (Lipinski definition) is 6. The summed E-state index contributed by atoms with van der Waals surface area (Å²) in [5.74, 6) is 1.53. The molecule has 0 saturated carbocycles. The first-order chi connectivity index (χ1) is 14.7. The van der Waals surface area contributed by atoms with Crippen LogP contribution in [0.3, 0.4) is 0 Å². The van der Waals surface area contributed by atoms with Crippen LogP contribution < -0.4 is 9.47 Å². The van der Waals surface area contributed by atoms with Crippen molar-refractivity contribution in [3.63, 3.8) is 0 Å². The monoisotopic (exact) mass is 544 g/mol. The van der Waals surface area contributed by atoms with Crippen LogP contribution in [0.1, 0.15) is 0 Å². The molecular formula is C22H26Br2O6. The van der Waals surface area contributed by atoms with E-state index in [1.54, 1.807) is 0 Å². The van der Waals surface area contributed by atoms with Gasteiger partial charge >= 0.3 is 0 Å². The van der Waals surface area contributed by atoms with E-state index in [0.29, 0.717) is 66.1 Å². The zero-order valence-corrected chi connectivity index (χ0v) is 19.9. The van der Waals surface area contributed by atoms with Gasteiger partial charge < -0.3 is 28.4 Å². The Kier molecular flexibility index (Phi) is 10.4. The molecule has 2 aromatic rings. The molecule has 0 amide bonds. The number of fused-ring (bicyclic) bond motifs is 3. The first kappa shape index (κ1) is 23.5. The average Bonchev–Trinajstić information content (AvgIpc) is 2.74. The van der Waals surface area contributed by atoms with Crippen molar-refractivity contribution < 1.29 is 28.4 Å². The second-order valence-electron chi connectivity index (χ2n) is 6.43. The van der Waals surface area contributed by atoms with Crippen molar-refractivity contribution in [1.29, 1.82) is 0 Å². The number of rotatable bonds is 0. The van der Waals surface area contributed by atoms with E-state index in [0.717, 1.165) is 31.6 Å². The highest BCUT2D eigenvalue weighted by Gasteiger charge is 2.14. The average molecular weight is 546 g/mol. The summed E-state index contributed by atoms with van der Waals surface area (Å²) in [6.07, 6.45) is 0. The quantitative estimate of drug-likeness (QED) is 0.477. The Balaban J connectivity index is 1.77. The molecule has 0 N–H and O–H groups in total. The highest BCUT2D eigenvalue weighted by Crippen LogP contribution is 2.39. The number of hydrogen-bond donors (Lipinski definition) is 0. The van der Waals surface area contributed by atoms with Crippen molar-refractivity contribution in [3.05, 3.63) is 45.3 Å². The summed E-state index contributed by atoms with van der Waals surface area (Å²) in [5, 5.41) is 0. The van der Waals surface area contributed by atoms with Crippen LogP contribution in [-0.2, 0) is 18.9 Å². The molecule has 0 saturated heterocycles. The van der Waals surface area contributed by atoms with Crippen molar-refractivity contribution in [3.8, 4) is 22.6 Å². The lowest BCUT2D eigenvalue weighted by Gasteiger charge is -2.17. The van der Waals surface area contributed by atoms with Crippen molar-refractivity contribution in [2.24, 2.45) is 0 Å². The molecule has 0 unspecified atom stereocenters. The van der Waals surface area contributed by atoms with E-state index in [2.05, 4.69) is 31.9 Å². The Morgan fingerprint density at radius 3 is 1.17 bits per heavy atom. The third-order valence-corrected chi connectivity index (χ3v) is 5.25. The van der Waals surface area contributed by atoms with Gasteiger partial charge in [-0.05, 0) is 36.4 Å².